The van der Waals surface area contributed by atoms with Crippen LogP contribution in [-0.4, -0.2) is 48.9 Å². The number of carbonyl (C=O) groups excluding carboxylic acids is 3. The molecule has 0 radical (unpaired) electrons. The molecule has 0 bridgehead atoms. The average molecular weight is 365 g/mol. The number of amides is 2. The van der Waals surface area contributed by atoms with Crippen molar-refractivity contribution in [3.8, 4) is 11.5 Å². The van der Waals surface area contributed by atoms with Crippen molar-refractivity contribution in [2.24, 2.45) is 0 Å². The number of esters is 1. The molecule has 1 aromatic carbocycles. The Kier molecular flexibility index (Phi) is 6.60. The van der Waals surface area contributed by atoms with Crippen LogP contribution in [0.1, 0.15) is 19.4 Å². The van der Waals surface area contributed by atoms with Gasteiger partial charge in [0, 0.05) is 14.0 Å². The number of rotatable bonds is 7. The number of methoxy groups -OCH3 is 1. The van der Waals surface area contributed by atoms with Crippen molar-refractivity contribution in [1.29, 1.82) is 0 Å². The molecule has 0 atom stereocenters. The highest BCUT2D eigenvalue weighted by Gasteiger charge is 2.34. The zero-order valence-corrected chi connectivity index (χ0v) is 15.1. The quantitative estimate of drug-likeness (QED) is 0.417. The maximum Gasteiger partial charge on any atom is 0.308 e. The minimum absolute atomic E-state index is 0.216. The molecule has 1 aliphatic rings. The summed E-state index contributed by atoms with van der Waals surface area (Å²) in [6.45, 7) is 4.02. The monoisotopic (exact) mass is 365 g/mol. The van der Waals surface area contributed by atoms with Gasteiger partial charge in [0.25, 0.3) is 11.1 Å². The molecule has 0 aliphatic carbocycles. The van der Waals surface area contributed by atoms with Gasteiger partial charge in [0.1, 0.15) is 0 Å². The van der Waals surface area contributed by atoms with Crippen LogP contribution in [0.25, 0.3) is 6.08 Å². The maximum absolute atomic E-state index is 12.3. The number of carbonyl (C=O) groups is 3. The van der Waals surface area contributed by atoms with Gasteiger partial charge in [0.2, 0.25) is 0 Å². The van der Waals surface area contributed by atoms with E-state index in [1.54, 1.807) is 24.3 Å². The zero-order chi connectivity index (χ0) is 18.4. The summed E-state index contributed by atoms with van der Waals surface area (Å²) in [5.74, 6) is -0.105. The number of hydrogen-bond donors (Lipinski definition) is 0. The predicted octanol–water partition coefficient (Wildman–Crippen LogP) is 2.69. The van der Waals surface area contributed by atoms with Crippen LogP contribution in [0.3, 0.4) is 0 Å². The fourth-order valence-electron chi connectivity index (χ4n) is 2.15. The Bertz CT molecular complexity index is 715. The number of benzene rings is 1. The van der Waals surface area contributed by atoms with Crippen molar-refractivity contribution in [3.05, 3.63) is 28.7 Å². The minimum Gasteiger partial charge on any atom is -0.490 e. The summed E-state index contributed by atoms with van der Waals surface area (Å²) in [6, 6.07) is 4.93. The molecule has 0 aromatic heterocycles. The van der Waals surface area contributed by atoms with E-state index in [1.165, 1.54) is 14.0 Å². The molecule has 134 valence electrons. The number of ether oxygens (including phenoxy) is 3. The normalized spacial score (nSPS) is 15.8. The summed E-state index contributed by atoms with van der Waals surface area (Å²) in [5, 5.41) is -0.324. The summed E-state index contributed by atoms with van der Waals surface area (Å²) in [4.78, 5) is 36.9. The number of hydrogen-bond acceptors (Lipinski definition) is 7. The predicted molar refractivity (Wildman–Crippen MR) is 93.5 cm³/mol. The van der Waals surface area contributed by atoms with Crippen LogP contribution < -0.4 is 9.47 Å². The first-order chi connectivity index (χ1) is 12.0. The molecule has 1 aliphatic heterocycles. The third-order valence-electron chi connectivity index (χ3n) is 3.21. The average Bonchev–Trinajstić information content (AvgIpc) is 2.82. The number of nitrogens with zero attached hydrogens (tertiary/aromatic N) is 1. The van der Waals surface area contributed by atoms with Gasteiger partial charge in [-0.05, 0) is 42.5 Å². The van der Waals surface area contributed by atoms with Crippen LogP contribution >= 0.6 is 11.8 Å². The third-order valence-corrected chi connectivity index (χ3v) is 4.12. The standard InChI is InChI=1S/C17H19NO6S/c1-4-23-14-9-12(5-6-13(14)24-11(2)19)10-15-16(20)18(7-8-22-3)17(21)25-15/h5-6,9-10H,4,7-8H2,1-3H3/b15-10+. The smallest absolute Gasteiger partial charge is 0.308 e. The van der Waals surface area contributed by atoms with E-state index in [4.69, 9.17) is 14.2 Å². The van der Waals surface area contributed by atoms with E-state index in [1.807, 2.05) is 6.92 Å². The Morgan fingerprint density at radius 1 is 1.28 bits per heavy atom. The lowest BCUT2D eigenvalue weighted by Crippen LogP contribution is -2.31. The minimum atomic E-state index is -0.451. The molecular formula is C17H19NO6S. The van der Waals surface area contributed by atoms with Crippen LogP contribution in [0.5, 0.6) is 11.5 Å². The van der Waals surface area contributed by atoms with Crippen molar-refractivity contribution >= 4 is 35.0 Å². The van der Waals surface area contributed by atoms with Crippen molar-refractivity contribution in [2.75, 3.05) is 26.9 Å². The fourth-order valence-corrected chi connectivity index (χ4v) is 3.01. The lowest BCUT2D eigenvalue weighted by molar-refractivity contribution is -0.132. The fraction of sp³-hybridized carbons (Fsp3) is 0.353. The van der Waals surface area contributed by atoms with Gasteiger partial charge in [-0.25, -0.2) is 0 Å². The van der Waals surface area contributed by atoms with E-state index in [0.717, 1.165) is 16.7 Å². The van der Waals surface area contributed by atoms with E-state index in [0.29, 0.717) is 28.6 Å². The van der Waals surface area contributed by atoms with Gasteiger partial charge < -0.3 is 14.2 Å². The van der Waals surface area contributed by atoms with Crippen LogP contribution in [0.4, 0.5) is 4.79 Å². The molecule has 1 heterocycles. The largest absolute Gasteiger partial charge is 0.490 e. The highest BCUT2D eigenvalue weighted by Crippen LogP contribution is 2.34. The van der Waals surface area contributed by atoms with Gasteiger partial charge in [0.15, 0.2) is 11.5 Å². The second-order valence-corrected chi connectivity index (χ2v) is 6.05. The summed E-state index contributed by atoms with van der Waals surface area (Å²) < 4.78 is 15.5. The summed E-state index contributed by atoms with van der Waals surface area (Å²) >= 11 is 0.878. The van der Waals surface area contributed by atoms with E-state index in [9.17, 15) is 14.4 Å². The van der Waals surface area contributed by atoms with Crippen LogP contribution in [-0.2, 0) is 14.3 Å². The highest BCUT2D eigenvalue weighted by molar-refractivity contribution is 8.18. The highest BCUT2D eigenvalue weighted by atomic mass is 32.2. The second kappa shape index (κ2) is 8.68. The molecule has 0 saturated carbocycles. The van der Waals surface area contributed by atoms with Crippen LogP contribution in [0.2, 0.25) is 0 Å². The van der Waals surface area contributed by atoms with Crippen LogP contribution in [0, 0.1) is 0 Å². The lowest BCUT2D eigenvalue weighted by Gasteiger charge is -2.11. The first-order valence-electron chi connectivity index (χ1n) is 7.65. The summed E-state index contributed by atoms with van der Waals surface area (Å²) in [7, 11) is 1.51. The van der Waals surface area contributed by atoms with Crippen molar-refractivity contribution < 1.29 is 28.6 Å². The van der Waals surface area contributed by atoms with Gasteiger partial charge in [-0.1, -0.05) is 6.07 Å². The molecule has 1 saturated heterocycles. The van der Waals surface area contributed by atoms with Crippen LogP contribution in [0.15, 0.2) is 23.1 Å². The molecule has 25 heavy (non-hydrogen) atoms. The van der Waals surface area contributed by atoms with Crippen molar-refractivity contribution in [2.45, 2.75) is 13.8 Å². The molecule has 2 rings (SSSR count). The Balaban J connectivity index is 2.25. The van der Waals surface area contributed by atoms with Gasteiger partial charge >= 0.3 is 5.97 Å². The van der Waals surface area contributed by atoms with Crippen molar-refractivity contribution in [1.82, 2.24) is 4.90 Å². The molecule has 1 aromatic rings. The molecule has 7 nitrogen and oxygen atoms in total. The summed E-state index contributed by atoms with van der Waals surface area (Å²) in [5.41, 5.74) is 0.664. The van der Waals surface area contributed by atoms with Gasteiger partial charge in [0.05, 0.1) is 24.7 Å². The molecule has 0 unspecified atom stereocenters. The zero-order valence-electron chi connectivity index (χ0n) is 14.2. The first kappa shape index (κ1) is 19.0. The Hall–Kier alpha value is -2.32. The lowest BCUT2D eigenvalue weighted by atomic mass is 10.2. The molecule has 2 amide bonds. The number of thioether (sulfide) groups is 1. The van der Waals surface area contributed by atoms with E-state index >= 15 is 0 Å². The summed E-state index contributed by atoms with van der Waals surface area (Å²) in [6.07, 6.45) is 1.61. The number of imide groups is 1. The van der Waals surface area contributed by atoms with E-state index in [2.05, 4.69) is 0 Å². The van der Waals surface area contributed by atoms with E-state index in [-0.39, 0.29) is 24.3 Å². The van der Waals surface area contributed by atoms with Crippen molar-refractivity contribution in [3.63, 3.8) is 0 Å². The Labute approximate surface area is 149 Å². The van der Waals surface area contributed by atoms with E-state index < -0.39 is 5.97 Å². The first-order valence-corrected chi connectivity index (χ1v) is 8.47. The molecule has 1 fully saturated rings. The van der Waals surface area contributed by atoms with Gasteiger partial charge in [-0.3, -0.25) is 19.3 Å². The molecule has 8 heteroatoms. The third kappa shape index (κ3) is 4.83. The Morgan fingerprint density at radius 3 is 2.68 bits per heavy atom. The molecule has 0 spiro atoms. The molecular weight excluding hydrogens is 346 g/mol. The molecule has 0 N–H and O–H groups in total. The SMILES string of the molecule is CCOc1cc(/C=C2/SC(=O)N(CCOC)C2=O)ccc1OC(C)=O. The maximum atomic E-state index is 12.3. The Morgan fingerprint density at radius 2 is 2.04 bits per heavy atom. The second-order valence-electron chi connectivity index (χ2n) is 5.06. The topological polar surface area (TPSA) is 82.1 Å². The van der Waals surface area contributed by atoms with Gasteiger partial charge in [-0.2, -0.15) is 0 Å². The van der Waals surface area contributed by atoms with Gasteiger partial charge in [-0.15, -0.1) is 0 Å².